The Morgan fingerprint density at radius 2 is 2.06 bits per heavy atom. The van der Waals surface area contributed by atoms with Crippen LogP contribution in [0.3, 0.4) is 0 Å². The zero-order chi connectivity index (χ0) is 22.1. The van der Waals surface area contributed by atoms with Gasteiger partial charge < -0.3 is 15.4 Å². The van der Waals surface area contributed by atoms with Gasteiger partial charge in [-0.15, -0.1) is 0 Å². The zero-order valence-electron chi connectivity index (χ0n) is 18.0. The molecular weight excluding hydrogens is 406 g/mol. The number of methoxy groups -OCH3 is 1. The summed E-state index contributed by atoms with van der Waals surface area (Å²) in [4.78, 5) is 22.8. The molecule has 0 aliphatic carbocycles. The van der Waals surface area contributed by atoms with Crippen LogP contribution in [0.5, 0.6) is 0 Å². The van der Waals surface area contributed by atoms with Crippen LogP contribution in [-0.2, 0) is 18.3 Å². The van der Waals surface area contributed by atoms with Crippen LogP contribution in [0.2, 0.25) is 0 Å². The van der Waals surface area contributed by atoms with Gasteiger partial charge in [0.2, 0.25) is 5.95 Å². The molecule has 1 fully saturated rings. The predicted molar refractivity (Wildman–Crippen MR) is 123 cm³/mol. The molecule has 0 amide bonds. The predicted octanol–water partition coefficient (Wildman–Crippen LogP) is 2.17. The van der Waals surface area contributed by atoms with Crippen LogP contribution in [0, 0.1) is 5.92 Å². The van der Waals surface area contributed by atoms with Gasteiger partial charge in [-0.05, 0) is 11.6 Å². The number of rotatable bonds is 6. The minimum Gasteiger partial charge on any atom is -0.380 e. The third kappa shape index (κ3) is 3.88. The summed E-state index contributed by atoms with van der Waals surface area (Å²) >= 11 is 0. The summed E-state index contributed by atoms with van der Waals surface area (Å²) in [6.07, 6.45) is 5.34. The summed E-state index contributed by atoms with van der Waals surface area (Å²) in [5.74, 6) is 0.579. The van der Waals surface area contributed by atoms with Crippen LogP contribution in [0.1, 0.15) is 0 Å². The summed E-state index contributed by atoms with van der Waals surface area (Å²) in [5, 5.41) is 11.5. The molecule has 164 valence electrons. The lowest BCUT2D eigenvalue weighted by Gasteiger charge is -2.20. The fourth-order valence-electron chi connectivity index (χ4n) is 4.23. The summed E-state index contributed by atoms with van der Waals surface area (Å²) < 4.78 is 9.09. The van der Waals surface area contributed by atoms with Crippen molar-refractivity contribution >= 4 is 22.7 Å². The lowest BCUT2D eigenvalue weighted by molar-refractivity contribution is 0.0770. The zero-order valence-corrected chi connectivity index (χ0v) is 18.0. The molecule has 2 N–H and O–H groups in total. The highest BCUT2D eigenvalue weighted by molar-refractivity contribution is 5.81. The average Bonchev–Trinajstić information content (AvgIpc) is 3.44. The quantitative estimate of drug-likeness (QED) is 0.483. The first-order chi connectivity index (χ1) is 15.6. The van der Waals surface area contributed by atoms with E-state index in [4.69, 9.17) is 9.72 Å². The van der Waals surface area contributed by atoms with Crippen LogP contribution in [0.4, 0.5) is 11.6 Å². The maximum absolute atomic E-state index is 13.6. The molecule has 1 aromatic carbocycles. The number of pyridine rings is 1. The monoisotopic (exact) mass is 431 g/mol. The molecule has 3 aromatic heterocycles. The van der Waals surface area contributed by atoms with Crippen LogP contribution < -0.4 is 16.2 Å². The van der Waals surface area contributed by atoms with Crippen LogP contribution in [0.25, 0.3) is 22.2 Å². The minimum atomic E-state index is -0.0727. The molecule has 9 heteroatoms. The fourth-order valence-corrected chi connectivity index (χ4v) is 4.23. The van der Waals surface area contributed by atoms with Gasteiger partial charge in [0.05, 0.1) is 18.0 Å². The number of ether oxygens (including phenoxy) is 1. The maximum Gasteiger partial charge on any atom is 0.260 e. The highest BCUT2D eigenvalue weighted by Crippen LogP contribution is 2.23. The number of anilines is 2. The Hall–Kier alpha value is -3.56. The topological polar surface area (TPSA) is 98.9 Å². The smallest absolute Gasteiger partial charge is 0.260 e. The minimum absolute atomic E-state index is 0.0483. The largest absolute Gasteiger partial charge is 0.380 e. The number of nitrogens with zero attached hydrogens (tertiary/aromatic N) is 5. The average molecular weight is 432 g/mol. The highest BCUT2D eigenvalue weighted by Gasteiger charge is 2.28. The molecule has 32 heavy (non-hydrogen) atoms. The van der Waals surface area contributed by atoms with Gasteiger partial charge in [-0.25, -0.2) is 4.98 Å². The molecule has 0 saturated carbocycles. The molecule has 2 atom stereocenters. The van der Waals surface area contributed by atoms with Crippen LogP contribution >= 0.6 is 0 Å². The summed E-state index contributed by atoms with van der Waals surface area (Å²) in [5.41, 5.74) is 2.81. The van der Waals surface area contributed by atoms with E-state index in [1.165, 1.54) is 0 Å². The van der Waals surface area contributed by atoms with Gasteiger partial charge in [-0.3, -0.25) is 14.0 Å². The van der Waals surface area contributed by atoms with Gasteiger partial charge in [0.25, 0.3) is 5.56 Å². The lowest BCUT2D eigenvalue weighted by atomic mass is 10.0. The number of hydrogen-bond donors (Lipinski definition) is 2. The van der Waals surface area contributed by atoms with Crippen molar-refractivity contribution in [3.05, 3.63) is 65.3 Å². The fraction of sp³-hybridized carbons (Fsp3) is 0.304. The molecule has 5 rings (SSSR count). The van der Waals surface area contributed by atoms with Crippen molar-refractivity contribution in [3.63, 3.8) is 0 Å². The van der Waals surface area contributed by atoms with Gasteiger partial charge in [-0.2, -0.15) is 10.1 Å². The second kappa shape index (κ2) is 8.52. The van der Waals surface area contributed by atoms with Gasteiger partial charge >= 0.3 is 0 Å². The van der Waals surface area contributed by atoms with E-state index in [2.05, 4.69) is 20.7 Å². The Bertz CT molecular complexity index is 1300. The molecule has 4 aromatic rings. The molecule has 1 saturated heterocycles. The van der Waals surface area contributed by atoms with Crippen molar-refractivity contribution in [1.29, 1.82) is 0 Å². The van der Waals surface area contributed by atoms with E-state index in [-0.39, 0.29) is 17.6 Å². The SMILES string of the molecule is CO[C@@H]1CNC[C@H]1Cn1c(=O)c(-c2ccccc2)cc2cnc(Nc3cnn(C)c3)nc21. The molecular formula is C23H25N7O2. The first-order valence-electron chi connectivity index (χ1n) is 10.6. The van der Waals surface area contributed by atoms with E-state index < -0.39 is 0 Å². The van der Waals surface area contributed by atoms with E-state index in [1.807, 2.05) is 49.6 Å². The third-order valence-corrected chi connectivity index (χ3v) is 5.87. The third-order valence-electron chi connectivity index (χ3n) is 5.87. The second-order valence-corrected chi connectivity index (χ2v) is 8.03. The lowest BCUT2D eigenvalue weighted by Crippen LogP contribution is -2.31. The van der Waals surface area contributed by atoms with E-state index >= 15 is 0 Å². The van der Waals surface area contributed by atoms with Gasteiger partial charge in [0, 0.05) is 63.1 Å². The molecule has 0 unspecified atom stereocenters. The Morgan fingerprint density at radius 3 is 2.81 bits per heavy atom. The molecule has 0 radical (unpaired) electrons. The standard InChI is InChI=1S/C23H25N7O2/c1-29-14-18(11-26-29)27-23-25-10-16-8-19(15-6-4-3-5-7-15)22(31)30(21(16)28-23)13-17-9-24-12-20(17)32-2/h3-8,10-11,14,17,20,24H,9,12-13H2,1-2H3,(H,25,27,28)/t17-,20+/m0/s1. The normalized spacial score (nSPS) is 18.3. The Balaban J connectivity index is 1.63. The van der Waals surface area contributed by atoms with Gasteiger partial charge in [0.1, 0.15) is 5.65 Å². The number of aryl methyl sites for hydroxylation is 1. The Kier molecular flexibility index (Phi) is 5.42. The maximum atomic E-state index is 13.6. The molecule has 9 nitrogen and oxygen atoms in total. The number of hydrogen-bond acceptors (Lipinski definition) is 7. The van der Waals surface area contributed by atoms with Crippen molar-refractivity contribution in [2.24, 2.45) is 13.0 Å². The molecule has 0 bridgehead atoms. The van der Waals surface area contributed by atoms with Crippen molar-refractivity contribution < 1.29 is 4.74 Å². The number of benzene rings is 1. The van der Waals surface area contributed by atoms with E-state index in [0.717, 1.165) is 29.7 Å². The van der Waals surface area contributed by atoms with Crippen LogP contribution in [-0.4, -0.2) is 50.6 Å². The Labute approximate surface area is 185 Å². The van der Waals surface area contributed by atoms with Crippen molar-refractivity contribution in [2.45, 2.75) is 12.6 Å². The van der Waals surface area contributed by atoms with Crippen molar-refractivity contribution in [2.75, 3.05) is 25.5 Å². The van der Waals surface area contributed by atoms with Crippen molar-refractivity contribution in [1.82, 2.24) is 29.6 Å². The van der Waals surface area contributed by atoms with Gasteiger partial charge in [-0.1, -0.05) is 30.3 Å². The highest BCUT2D eigenvalue weighted by atomic mass is 16.5. The van der Waals surface area contributed by atoms with E-state index in [1.54, 1.807) is 28.8 Å². The van der Waals surface area contributed by atoms with Crippen LogP contribution in [0.15, 0.2) is 59.8 Å². The summed E-state index contributed by atoms with van der Waals surface area (Å²) in [6.45, 7) is 2.06. The molecule has 1 aliphatic heterocycles. The van der Waals surface area contributed by atoms with E-state index in [9.17, 15) is 4.79 Å². The second-order valence-electron chi connectivity index (χ2n) is 8.03. The number of aromatic nitrogens is 5. The molecule has 4 heterocycles. The van der Waals surface area contributed by atoms with Gasteiger partial charge in [0.15, 0.2) is 0 Å². The first kappa shape index (κ1) is 20.3. The van der Waals surface area contributed by atoms with E-state index in [0.29, 0.717) is 23.7 Å². The number of fused-ring (bicyclic) bond motifs is 1. The molecule has 1 aliphatic rings. The molecule has 0 spiro atoms. The number of nitrogens with one attached hydrogen (secondary N) is 2. The Morgan fingerprint density at radius 1 is 1.22 bits per heavy atom. The first-order valence-corrected chi connectivity index (χ1v) is 10.6. The summed E-state index contributed by atoms with van der Waals surface area (Å²) in [7, 11) is 3.56. The van der Waals surface area contributed by atoms with Crippen molar-refractivity contribution in [3.8, 4) is 11.1 Å². The summed E-state index contributed by atoms with van der Waals surface area (Å²) in [6, 6.07) is 11.6.